The minimum atomic E-state index is -0.983. The molecule has 0 atom stereocenters. The van der Waals surface area contributed by atoms with Gasteiger partial charge in [-0.05, 0) is 19.4 Å². The van der Waals surface area contributed by atoms with Crippen LogP contribution in [0.3, 0.4) is 0 Å². The molecule has 1 aromatic heterocycles. The molecular weight excluding hydrogens is 196 g/mol. The van der Waals surface area contributed by atoms with E-state index in [0.717, 1.165) is 6.08 Å². The fraction of sp³-hybridized carbons (Fsp3) is 0.273. The molecule has 0 aliphatic heterocycles. The van der Waals surface area contributed by atoms with Crippen LogP contribution >= 0.6 is 0 Å². The number of carboxylic acids is 1. The van der Waals surface area contributed by atoms with Crippen molar-refractivity contribution in [2.75, 3.05) is 0 Å². The highest BCUT2D eigenvalue weighted by molar-refractivity contribution is 5.95. The average Bonchev–Trinajstić information content (AvgIpc) is 2.65. The summed E-state index contributed by atoms with van der Waals surface area (Å²) in [6.07, 6.45) is 4.69. The normalized spacial score (nSPS) is 11.4. The molecule has 1 heterocycles. The second kappa shape index (κ2) is 5.14. The first-order chi connectivity index (χ1) is 7.09. The molecule has 1 N–H and O–H groups in total. The van der Waals surface area contributed by atoms with Crippen molar-refractivity contribution in [2.45, 2.75) is 19.8 Å². The van der Waals surface area contributed by atoms with Gasteiger partial charge >= 0.3 is 5.97 Å². The molecule has 0 unspecified atom stereocenters. The van der Waals surface area contributed by atoms with Crippen LogP contribution in [0.4, 0.5) is 0 Å². The molecular formula is C11H12O4. The van der Waals surface area contributed by atoms with Gasteiger partial charge in [0, 0.05) is 12.5 Å². The van der Waals surface area contributed by atoms with Gasteiger partial charge in [-0.2, -0.15) is 0 Å². The molecule has 4 heteroatoms. The summed E-state index contributed by atoms with van der Waals surface area (Å²) in [7, 11) is 0. The van der Waals surface area contributed by atoms with Crippen molar-refractivity contribution >= 4 is 11.8 Å². The van der Waals surface area contributed by atoms with Gasteiger partial charge in [-0.25, -0.2) is 4.79 Å². The van der Waals surface area contributed by atoms with Gasteiger partial charge in [0.2, 0.25) is 0 Å². The molecule has 0 saturated heterocycles. The predicted octanol–water partition coefficient (Wildman–Crippen LogP) is 2.27. The SMILES string of the molecule is CC(=CC(=O)O)CCC(=O)c1ccoc1. The summed E-state index contributed by atoms with van der Waals surface area (Å²) < 4.78 is 4.78. The second-order valence-electron chi connectivity index (χ2n) is 3.26. The highest BCUT2D eigenvalue weighted by Gasteiger charge is 2.07. The van der Waals surface area contributed by atoms with E-state index in [-0.39, 0.29) is 5.78 Å². The monoisotopic (exact) mass is 208 g/mol. The minimum Gasteiger partial charge on any atom is -0.478 e. The zero-order valence-corrected chi connectivity index (χ0v) is 8.40. The molecule has 0 bridgehead atoms. The van der Waals surface area contributed by atoms with Crippen LogP contribution in [0, 0.1) is 0 Å². The Balaban J connectivity index is 2.45. The molecule has 4 nitrogen and oxygen atoms in total. The summed E-state index contributed by atoms with van der Waals surface area (Å²) in [4.78, 5) is 21.8. The largest absolute Gasteiger partial charge is 0.478 e. The standard InChI is InChI=1S/C11H12O4/c1-8(6-11(13)14)2-3-10(12)9-4-5-15-7-9/h4-7H,2-3H2,1H3,(H,13,14). The second-order valence-corrected chi connectivity index (χ2v) is 3.26. The molecule has 0 aliphatic rings. The molecule has 0 saturated carbocycles. The zero-order valence-electron chi connectivity index (χ0n) is 8.40. The fourth-order valence-corrected chi connectivity index (χ4v) is 1.16. The van der Waals surface area contributed by atoms with Crippen molar-refractivity contribution in [2.24, 2.45) is 0 Å². The molecule has 0 aliphatic carbocycles. The summed E-state index contributed by atoms with van der Waals surface area (Å²) >= 11 is 0. The smallest absolute Gasteiger partial charge is 0.328 e. The molecule has 0 aromatic carbocycles. The third kappa shape index (κ3) is 3.81. The molecule has 15 heavy (non-hydrogen) atoms. The van der Waals surface area contributed by atoms with Gasteiger partial charge in [0.05, 0.1) is 11.8 Å². The first-order valence-electron chi connectivity index (χ1n) is 4.55. The van der Waals surface area contributed by atoms with Crippen molar-refractivity contribution in [3.63, 3.8) is 0 Å². The molecule has 80 valence electrons. The van der Waals surface area contributed by atoms with Crippen molar-refractivity contribution in [3.05, 3.63) is 35.8 Å². The van der Waals surface area contributed by atoms with Crippen LogP contribution in [0.1, 0.15) is 30.1 Å². The van der Waals surface area contributed by atoms with Crippen molar-refractivity contribution in [1.82, 2.24) is 0 Å². The zero-order chi connectivity index (χ0) is 11.3. The average molecular weight is 208 g/mol. The first-order valence-corrected chi connectivity index (χ1v) is 4.55. The van der Waals surface area contributed by atoms with E-state index in [1.165, 1.54) is 12.5 Å². The fourth-order valence-electron chi connectivity index (χ4n) is 1.16. The van der Waals surface area contributed by atoms with Gasteiger partial charge in [0.25, 0.3) is 0 Å². The van der Waals surface area contributed by atoms with Gasteiger partial charge in [-0.1, -0.05) is 5.57 Å². The van der Waals surface area contributed by atoms with Gasteiger partial charge in [0.15, 0.2) is 5.78 Å². The summed E-state index contributed by atoms with van der Waals surface area (Å²) in [5.74, 6) is -1.02. The van der Waals surface area contributed by atoms with E-state index in [9.17, 15) is 9.59 Å². The van der Waals surface area contributed by atoms with E-state index in [4.69, 9.17) is 9.52 Å². The summed E-state index contributed by atoms with van der Waals surface area (Å²) in [6, 6.07) is 1.60. The Morgan fingerprint density at radius 1 is 1.47 bits per heavy atom. The summed E-state index contributed by atoms with van der Waals surface area (Å²) in [5.41, 5.74) is 1.21. The van der Waals surface area contributed by atoms with Crippen LogP contribution in [0.25, 0.3) is 0 Å². The lowest BCUT2D eigenvalue weighted by Crippen LogP contribution is -1.98. The van der Waals surface area contributed by atoms with Gasteiger partial charge in [-0.15, -0.1) is 0 Å². The lowest BCUT2D eigenvalue weighted by atomic mass is 10.1. The minimum absolute atomic E-state index is 0.0399. The van der Waals surface area contributed by atoms with E-state index in [2.05, 4.69) is 0 Å². The van der Waals surface area contributed by atoms with Crippen LogP contribution in [-0.2, 0) is 4.79 Å². The van der Waals surface area contributed by atoms with Gasteiger partial charge in [-0.3, -0.25) is 4.79 Å². The molecule has 0 radical (unpaired) electrons. The van der Waals surface area contributed by atoms with Crippen LogP contribution in [-0.4, -0.2) is 16.9 Å². The third-order valence-electron chi connectivity index (χ3n) is 1.96. The number of rotatable bonds is 5. The van der Waals surface area contributed by atoms with Crippen LogP contribution < -0.4 is 0 Å². The Hall–Kier alpha value is -1.84. The van der Waals surface area contributed by atoms with E-state index in [1.807, 2.05) is 0 Å². The van der Waals surface area contributed by atoms with Crippen LogP contribution in [0.15, 0.2) is 34.7 Å². The Morgan fingerprint density at radius 2 is 2.20 bits per heavy atom. The number of furan rings is 1. The number of allylic oxidation sites excluding steroid dienone is 1. The van der Waals surface area contributed by atoms with Crippen molar-refractivity contribution in [3.8, 4) is 0 Å². The summed E-state index contributed by atoms with van der Waals surface area (Å²) in [5, 5.41) is 8.46. The Kier molecular flexibility index (Phi) is 3.85. The number of carbonyl (C=O) groups excluding carboxylic acids is 1. The number of carbonyl (C=O) groups is 2. The highest BCUT2D eigenvalue weighted by atomic mass is 16.4. The van der Waals surface area contributed by atoms with E-state index in [0.29, 0.717) is 24.0 Å². The van der Waals surface area contributed by atoms with Gasteiger partial charge in [0.1, 0.15) is 6.26 Å². The van der Waals surface area contributed by atoms with Crippen molar-refractivity contribution < 1.29 is 19.1 Å². The molecule has 1 rings (SSSR count). The number of aliphatic carboxylic acids is 1. The quantitative estimate of drug-likeness (QED) is 0.595. The van der Waals surface area contributed by atoms with E-state index < -0.39 is 5.97 Å². The lowest BCUT2D eigenvalue weighted by molar-refractivity contribution is -0.131. The number of hydrogen-bond acceptors (Lipinski definition) is 3. The molecule has 0 spiro atoms. The molecule has 0 fully saturated rings. The Labute approximate surface area is 87.2 Å². The number of Topliss-reactive ketones (excluding diaryl/α,β-unsaturated/α-hetero) is 1. The maximum absolute atomic E-state index is 11.5. The van der Waals surface area contributed by atoms with E-state index >= 15 is 0 Å². The van der Waals surface area contributed by atoms with Gasteiger partial charge < -0.3 is 9.52 Å². The molecule has 0 amide bonds. The maximum atomic E-state index is 11.5. The lowest BCUT2D eigenvalue weighted by Gasteiger charge is -1.98. The highest BCUT2D eigenvalue weighted by Crippen LogP contribution is 2.10. The predicted molar refractivity (Wildman–Crippen MR) is 53.7 cm³/mol. The molecule has 1 aromatic rings. The number of carboxylic acid groups (broad SMARTS) is 1. The summed E-state index contributed by atoms with van der Waals surface area (Å²) in [6.45, 7) is 1.69. The number of ketones is 1. The Morgan fingerprint density at radius 3 is 2.73 bits per heavy atom. The topological polar surface area (TPSA) is 67.5 Å². The number of hydrogen-bond donors (Lipinski definition) is 1. The van der Waals surface area contributed by atoms with Crippen LogP contribution in [0.5, 0.6) is 0 Å². The third-order valence-corrected chi connectivity index (χ3v) is 1.96. The van der Waals surface area contributed by atoms with E-state index in [1.54, 1.807) is 13.0 Å². The van der Waals surface area contributed by atoms with Crippen molar-refractivity contribution in [1.29, 1.82) is 0 Å². The Bertz CT molecular complexity index is 373. The first kappa shape index (κ1) is 11.2. The van der Waals surface area contributed by atoms with Crippen LogP contribution in [0.2, 0.25) is 0 Å². The maximum Gasteiger partial charge on any atom is 0.328 e.